The molecular formula is C13H18N4O2. The molecule has 1 aromatic rings. The van der Waals surface area contributed by atoms with Gasteiger partial charge in [-0.15, -0.1) is 0 Å². The Labute approximate surface area is 111 Å². The quantitative estimate of drug-likeness (QED) is 0.821. The van der Waals surface area contributed by atoms with E-state index in [4.69, 9.17) is 0 Å². The van der Waals surface area contributed by atoms with E-state index in [1.807, 2.05) is 0 Å². The van der Waals surface area contributed by atoms with Gasteiger partial charge in [0.1, 0.15) is 0 Å². The molecule has 3 rings (SSSR count). The van der Waals surface area contributed by atoms with Crippen molar-refractivity contribution in [3.8, 4) is 0 Å². The molecule has 102 valence electrons. The third-order valence-corrected chi connectivity index (χ3v) is 3.77. The minimum atomic E-state index is -0.946. The summed E-state index contributed by atoms with van der Waals surface area (Å²) < 4.78 is 0. The lowest BCUT2D eigenvalue weighted by atomic mass is 10.0. The molecule has 0 bridgehead atoms. The maximum atomic E-state index is 11.4. The number of hydrogen-bond donors (Lipinski definition) is 2. The van der Waals surface area contributed by atoms with E-state index in [0.717, 1.165) is 43.7 Å². The Morgan fingerprint density at radius 2 is 2.00 bits per heavy atom. The average Bonchev–Trinajstić information content (AvgIpc) is 2.47. The van der Waals surface area contributed by atoms with Gasteiger partial charge in [-0.1, -0.05) is 0 Å². The average molecular weight is 262 g/mol. The highest BCUT2D eigenvalue weighted by molar-refractivity contribution is 5.87. The third kappa shape index (κ3) is 2.40. The molecule has 19 heavy (non-hydrogen) atoms. The van der Waals surface area contributed by atoms with Gasteiger partial charge >= 0.3 is 5.97 Å². The lowest BCUT2D eigenvalue weighted by Crippen LogP contribution is -2.34. The fraction of sp³-hybridized carbons (Fsp3) is 0.615. The normalized spacial score (nSPS) is 19.1. The maximum Gasteiger partial charge on any atom is 0.354 e. The number of nitrogens with zero attached hydrogens (tertiary/aromatic N) is 3. The molecule has 2 aliphatic heterocycles. The van der Waals surface area contributed by atoms with Crippen molar-refractivity contribution in [3.05, 3.63) is 17.0 Å². The third-order valence-electron chi connectivity index (χ3n) is 3.77. The van der Waals surface area contributed by atoms with Crippen molar-refractivity contribution in [1.82, 2.24) is 15.3 Å². The first-order valence-corrected chi connectivity index (χ1v) is 6.84. The lowest BCUT2D eigenvalue weighted by Gasteiger charge is -2.28. The molecule has 0 aromatic carbocycles. The maximum absolute atomic E-state index is 11.4. The summed E-state index contributed by atoms with van der Waals surface area (Å²) in [5.41, 5.74) is 1.83. The van der Waals surface area contributed by atoms with Gasteiger partial charge in [0.15, 0.2) is 5.69 Å². The zero-order chi connectivity index (χ0) is 13.2. The number of aromatic nitrogens is 2. The van der Waals surface area contributed by atoms with Crippen LogP contribution in [-0.4, -0.2) is 40.7 Å². The van der Waals surface area contributed by atoms with Gasteiger partial charge < -0.3 is 15.3 Å². The molecule has 2 aliphatic rings. The predicted octanol–water partition coefficient (Wildman–Crippen LogP) is 0.811. The zero-order valence-corrected chi connectivity index (χ0v) is 10.9. The van der Waals surface area contributed by atoms with Gasteiger partial charge in [-0.25, -0.2) is 14.8 Å². The Morgan fingerprint density at radius 1 is 1.21 bits per heavy atom. The molecule has 6 heteroatoms. The van der Waals surface area contributed by atoms with E-state index in [1.165, 1.54) is 6.42 Å². The molecule has 2 N–H and O–H groups in total. The molecule has 0 atom stereocenters. The molecule has 1 fully saturated rings. The molecular weight excluding hydrogens is 244 g/mol. The zero-order valence-electron chi connectivity index (χ0n) is 10.9. The van der Waals surface area contributed by atoms with Crippen LogP contribution in [0.1, 0.15) is 41.0 Å². The number of carboxylic acid groups (broad SMARTS) is 1. The van der Waals surface area contributed by atoms with Crippen LogP contribution in [-0.2, 0) is 13.0 Å². The molecule has 1 aromatic heterocycles. The van der Waals surface area contributed by atoms with Crippen LogP contribution in [0.4, 0.5) is 5.95 Å². The summed E-state index contributed by atoms with van der Waals surface area (Å²) in [7, 11) is 0. The van der Waals surface area contributed by atoms with Gasteiger partial charge in [0.25, 0.3) is 0 Å². The molecule has 0 aliphatic carbocycles. The van der Waals surface area contributed by atoms with Crippen molar-refractivity contribution in [2.45, 2.75) is 32.2 Å². The molecule has 6 nitrogen and oxygen atoms in total. The number of nitrogens with one attached hydrogen (secondary N) is 1. The van der Waals surface area contributed by atoms with Crippen LogP contribution in [0.2, 0.25) is 0 Å². The molecule has 3 heterocycles. The van der Waals surface area contributed by atoms with Crippen LogP contribution in [0.25, 0.3) is 0 Å². The minimum absolute atomic E-state index is 0.187. The Hall–Kier alpha value is -1.69. The molecule has 0 amide bonds. The number of hydrogen-bond acceptors (Lipinski definition) is 5. The number of anilines is 1. The molecule has 0 radical (unpaired) electrons. The van der Waals surface area contributed by atoms with Gasteiger partial charge in [0.05, 0.1) is 5.69 Å². The van der Waals surface area contributed by atoms with Crippen LogP contribution in [0, 0.1) is 0 Å². The summed E-state index contributed by atoms with van der Waals surface area (Å²) in [5, 5.41) is 12.6. The summed E-state index contributed by atoms with van der Waals surface area (Å²) in [6.45, 7) is 3.27. The van der Waals surface area contributed by atoms with Gasteiger partial charge in [-0.05, 0) is 32.2 Å². The van der Waals surface area contributed by atoms with Crippen molar-refractivity contribution >= 4 is 11.9 Å². The summed E-state index contributed by atoms with van der Waals surface area (Å²) in [5.74, 6) is -0.363. The van der Waals surface area contributed by atoms with Crippen molar-refractivity contribution < 1.29 is 9.90 Å². The van der Waals surface area contributed by atoms with Gasteiger partial charge in [0, 0.05) is 25.2 Å². The van der Waals surface area contributed by atoms with E-state index in [-0.39, 0.29) is 5.69 Å². The van der Waals surface area contributed by atoms with Crippen LogP contribution in [0.3, 0.4) is 0 Å². The number of rotatable bonds is 2. The number of carbonyl (C=O) groups is 1. The Morgan fingerprint density at radius 3 is 2.74 bits per heavy atom. The minimum Gasteiger partial charge on any atom is -0.476 e. The second-order valence-electron chi connectivity index (χ2n) is 5.08. The smallest absolute Gasteiger partial charge is 0.354 e. The SMILES string of the molecule is O=C(O)c1nc(N2CCCCC2)nc2c1CCNC2. The summed E-state index contributed by atoms with van der Waals surface area (Å²) >= 11 is 0. The van der Waals surface area contributed by atoms with Crippen molar-refractivity contribution in [2.24, 2.45) is 0 Å². The number of piperidine rings is 1. The summed E-state index contributed by atoms with van der Waals surface area (Å²) in [6.07, 6.45) is 4.17. The topological polar surface area (TPSA) is 78.3 Å². The number of aromatic carboxylic acids is 1. The highest BCUT2D eigenvalue weighted by Crippen LogP contribution is 2.22. The van der Waals surface area contributed by atoms with Crippen molar-refractivity contribution in [3.63, 3.8) is 0 Å². The molecule has 1 saturated heterocycles. The first kappa shape index (κ1) is 12.3. The van der Waals surface area contributed by atoms with E-state index < -0.39 is 5.97 Å². The van der Waals surface area contributed by atoms with E-state index in [2.05, 4.69) is 20.2 Å². The number of fused-ring (bicyclic) bond motifs is 1. The first-order chi connectivity index (χ1) is 9.25. The second-order valence-corrected chi connectivity index (χ2v) is 5.08. The summed E-state index contributed by atoms with van der Waals surface area (Å²) in [6, 6.07) is 0. The van der Waals surface area contributed by atoms with E-state index >= 15 is 0 Å². The fourth-order valence-corrected chi connectivity index (χ4v) is 2.76. The highest BCUT2D eigenvalue weighted by Gasteiger charge is 2.24. The molecule has 0 saturated carbocycles. The number of carboxylic acids is 1. The molecule has 0 spiro atoms. The molecule has 0 unspecified atom stereocenters. The largest absolute Gasteiger partial charge is 0.476 e. The Bertz CT molecular complexity index is 498. The first-order valence-electron chi connectivity index (χ1n) is 6.84. The van der Waals surface area contributed by atoms with E-state index in [0.29, 0.717) is 18.9 Å². The highest BCUT2D eigenvalue weighted by atomic mass is 16.4. The van der Waals surface area contributed by atoms with Crippen molar-refractivity contribution in [1.29, 1.82) is 0 Å². The Balaban J connectivity index is 2.00. The fourth-order valence-electron chi connectivity index (χ4n) is 2.76. The lowest BCUT2D eigenvalue weighted by molar-refractivity contribution is 0.0688. The van der Waals surface area contributed by atoms with Crippen molar-refractivity contribution in [2.75, 3.05) is 24.5 Å². The van der Waals surface area contributed by atoms with E-state index in [9.17, 15) is 9.90 Å². The standard InChI is InChI=1S/C13H18N4O2/c18-12(19)11-9-4-5-14-8-10(9)15-13(16-11)17-6-2-1-3-7-17/h14H,1-8H2,(H,18,19). The van der Waals surface area contributed by atoms with Crippen LogP contribution in [0.15, 0.2) is 0 Å². The van der Waals surface area contributed by atoms with Gasteiger partial charge in [-0.3, -0.25) is 0 Å². The summed E-state index contributed by atoms with van der Waals surface area (Å²) in [4.78, 5) is 22.3. The van der Waals surface area contributed by atoms with Gasteiger partial charge in [-0.2, -0.15) is 0 Å². The van der Waals surface area contributed by atoms with Crippen LogP contribution < -0.4 is 10.2 Å². The van der Waals surface area contributed by atoms with Crippen LogP contribution in [0.5, 0.6) is 0 Å². The van der Waals surface area contributed by atoms with E-state index in [1.54, 1.807) is 0 Å². The van der Waals surface area contributed by atoms with Crippen LogP contribution >= 0.6 is 0 Å². The monoisotopic (exact) mass is 262 g/mol. The van der Waals surface area contributed by atoms with Gasteiger partial charge in [0.2, 0.25) is 5.95 Å². The predicted molar refractivity (Wildman–Crippen MR) is 70.5 cm³/mol. The Kier molecular flexibility index (Phi) is 3.33. The second kappa shape index (κ2) is 5.13.